The molecule has 0 N–H and O–H groups in total. The van der Waals surface area contributed by atoms with Gasteiger partial charge in [0.25, 0.3) is 0 Å². The van der Waals surface area contributed by atoms with E-state index in [1.165, 1.54) is 0 Å². The summed E-state index contributed by atoms with van der Waals surface area (Å²) in [6.07, 6.45) is 3.71. The maximum absolute atomic E-state index is 12.3. The predicted molar refractivity (Wildman–Crippen MR) is 117 cm³/mol. The fraction of sp³-hybridized carbons (Fsp3) is 0.304. The summed E-state index contributed by atoms with van der Waals surface area (Å²) < 4.78 is 17.8. The molecule has 1 aliphatic rings. The number of halogens is 1. The largest absolute Gasteiger partial charge is 0.490 e. The molecule has 0 saturated carbocycles. The minimum atomic E-state index is -0.472. The monoisotopic (exact) mass is 457 g/mol. The first-order valence-corrected chi connectivity index (χ1v) is 10.5. The second-order valence-corrected chi connectivity index (χ2v) is 7.47. The molecular formula is C23H24BrNO4. The molecule has 1 heterocycles. The minimum Gasteiger partial charge on any atom is -0.490 e. The van der Waals surface area contributed by atoms with Gasteiger partial charge < -0.3 is 14.2 Å². The predicted octanol–water partition coefficient (Wildman–Crippen LogP) is 5.68. The number of carbonyl (C=O) groups excluding carboxylic acids is 1. The smallest absolute Gasteiger partial charge is 0.363 e. The molecule has 2 aromatic carbocycles. The summed E-state index contributed by atoms with van der Waals surface area (Å²) in [4.78, 5) is 16.7. The molecule has 29 heavy (non-hydrogen) atoms. The lowest BCUT2D eigenvalue weighted by atomic mass is 10.1. The Morgan fingerprint density at radius 2 is 1.97 bits per heavy atom. The number of unbranched alkanes of at least 4 members (excludes halogenated alkanes) is 1. The Balaban J connectivity index is 1.93. The summed E-state index contributed by atoms with van der Waals surface area (Å²) in [5.41, 5.74) is 2.82. The van der Waals surface area contributed by atoms with Crippen molar-refractivity contribution >= 4 is 33.9 Å². The van der Waals surface area contributed by atoms with Crippen molar-refractivity contribution in [2.24, 2.45) is 4.99 Å². The summed E-state index contributed by atoms with van der Waals surface area (Å²) in [6, 6.07) is 11.4. The van der Waals surface area contributed by atoms with Gasteiger partial charge >= 0.3 is 5.97 Å². The number of esters is 1. The third-order valence-electron chi connectivity index (χ3n) is 4.38. The van der Waals surface area contributed by atoms with Gasteiger partial charge in [-0.15, -0.1) is 0 Å². The fourth-order valence-electron chi connectivity index (χ4n) is 2.89. The Bertz CT molecular complexity index is 965. The molecular weight excluding hydrogens is 434 g/mol. The van der Waals surface area contributed by atoms with Gasteiger partial charge in [-0.3, -0.25) is 0 Å². The Kier molecular flexibility index (Phi) is 7.09. The number of aliphatic imine (C=N–C) groups is 1. The first-order valence-electron chi connectivity index (χ1n) is 9.71. The highest BCUT2D eigenvalue weighted by Gasteiger charge is 2.25. The Morgan fingerprint density at radius 1 is 1.17 bits per heavy atom. The van der Waals surface area contributed by atoms with E-state index in [4.69, 9.17) is 14.2 Å². The van der Waals surface area contributed by atoms with Gasteiger partial charge in [0.15, 0.2) is 17.2 Å². The first-order chi connectivity index (χ1) is 14.0. The second-order valence-electron chi connectivity index (χ2n) is 6.62. The lowest BCUT2D eigenvalue weighted by Gasteiger charge is -2.14. The van der Waals surface area contributed by atoms with Crippen molar-refractivity contribution < 1.29 is 19.0 Å². The highest BCUT2D eigenvalue weighted by molar-refractivity contribution is 9.10. The van der Waals surface area contributed by atoms with E-state index in [9.17, 15) is 4.79 Å². The van der Waals surface area contributed by atoms with Crippen molar-refractivity contribution in [3.8, 4) is 11.5 Å². The van der Waals surface area contributed by atoms with Crippen LogP contribution in [0.5, 0.6) is 11.5 Å². The van der Waals surface area contributed by atoms with Crippen LogP contribution in [-0.4, -0.2) is 25.1 Å². The van der Waals surface area contributed by atoms with E-state index < -0.39 is 5.97 Å². The van der Waals surface area contributed by atoms with Crippen molar-refractivity contribution in [3.63, 3.8) is 0 Å². The first kappa shape index (κ1) is 21.1. The van der Waals surface area contributed by atoms with Crippen LogP contribution in [0.1, 0.15) is 43.4 Å². The van der Waals surface area contributed by atoms with Gasteiger partial charge in [0.1, 0.15) is 0 Å². The number of rotatable bonds is 8. The highest BCUT2D eigenvalue weighted by Crippen LogP contribution is 2.38. The van der Waals surface area contributed by atoms with Gasteiger partial charge in [-0.1, -0.05) is 31.5 Å². The van der Waals surface area contributed by atoms with Gasteiger partial charge in [0.05, 0.1) is 17.7 Å². The fourth-order valence-corrected chi connectivity index (χ4v) is 3.46. The zero-order valence-corrected chi connectivity index (χ0v) is 18.4. The molecule has 5 nitrogen and oxygen atoms in total. The normalized spacial score (nSPS) is 14.7. The maximum Gasteiger partial charge on any atom is 0.363 e. The number of carbonyl (C=O) groups is 1. The molecule has 0 unspecified atom stereocenters. The number of hydrogen-bond donors (Lipinski definition) is 0. The molecule has 0 aliphatic carbocycles. The zero-order valence-electron chi connectivity index (χ0n) is 16.8. The van der Waals surface area contributed by atoms with Crippen LogP contribution in [0.4, 0.5) is 0 Å². The summed E-state index contributed by atoms with van der Waals surface area (Å²) in [5.74, 6) is 1.14. The molecule has 0 aromatic heterocycles. The number of benzene rings is 2. The average Bonchev–Trinajstić information content (AvgIpc) is 3.04. The summed E-state index contributed by atoms with van der Waals surface area (Å²) in [5, 5.41) is 0. The molecule has 1 aliphatic heterocycles. The maximum atomic E-state index is 12.3. The van der Waals surface area contributed by atoms with Crippen molar-refractivity contribution in [2.75, 3.05) is 13.2 Å². The quantitative estimate of drug-likeness (QED) is 0.290. The van der Waals surface area contributed by atoms with Crippen LogP contribution in [0.2, 0.25) is 0 Å². The Labute approximate surface area is 179 Å². The Morgan fingerprint density at radius 3 is 2.69 bits per heavy atom. The van der Waals surface area contributed by atoms with E-state index in [0.29, 0.717) is 30.6 Å². The van der Waals surface area contributed by atoms with Crippen LogP contribution in [-0.2, 0) is 9.53 Å². The third kappa shape index (κ3) is 5.07. The molecule has 0 atom stereocenters. The molecule has 0 bridgehead atoms. The number of cyclic esters (lactones) is 1. The average molecular weight is 458 g/mol. The van der Waals surface area contributed by atoms with Gasteiger partial charge in [-0.25, -0.2) is 9.79 Å². The van der Waals surface area contributed by atoms with Crippen LogP contribution < -0.4 is 9.47 Å². The van der Waals surface area contributed by atoms with Crippen molar-refractivity contribution in [1.29, 1.82) is 0 Å². The van der Waals surface area contributed by atoms with Gasteiger partial charge in [0.2, 0.25) is 5.90 Å². The van der Waals surface area contributed by atoms with Crippen LogP contribution in [0.15, 0.2) is 51.6 Å². The zero-order chi connectivity index (χ0) is 20.8. The number of nitrogens with zero attached hydrogens (tertiary/aromatic N) is 1. The van der Waals surface area contributed by atoms with Gasteiger partial charge in [0, 0.05) is 5.56 Å². The van der Waals surface area contributed by atoms with Crippen LogP contribution in [0.25, 0.3) is 6.08 Å². The van der Waals surface area contributed by atoms with Crippen molar-refractivity contribution in [1.82, 2.24) is 0 Å². The standard InChI is InChI=1S/C23H24BrNO4/c1-4-6-11-28-21-18(24)12-16(14-20(21)27-5-2)13-19-23(26)29-22(25-19)17-10-8-7-9-15(17)3/h7-10,12-14H,4-6,11H2,1-3H3/b19-13-. The minimum absolute atomic E-state index is 0.247. The van der Waals surface area contributed by atoms with Crippen LogP contribution in [0.3, 0.4) is 0 Å². The molecule has 0 amide bonds. The van der Waals surface area contributed by atoms with Gasteiger partial charge in [-0.05, 0) is 71.6 Å². The van der Waals surface area contributed by atoms with Gasteiger partial charge in [-0.2, -0.15) is 0 Å². The number of ether oxygens (including phenoxy) is 3. The highest BCUT2D eigenvalue weighted by atomic mass is 79.9. The third-order valence-corrected chi connectivity index (χ3v) is 4.96. The summed E-state index contributed by atoms with van der Waals surface area (Å²) in [6.45, 7) is 7.11. The van der Waals surface area contributed by atoms with Crippen molar-refractivity contribution in [3.05, 3.63) is 63.3 Å². The van der Waals surface area contributed by atoms with E-state index in [-0.39, 0.29) is 5.70 Å². The molecule has 2 aromatic rings. The Hall–Kier alpha value is -2.60. The van der Waals surface area contributed by atoms with Crippen LogP contribution in [0, 0.1) is 6.92 Å². The van der Waals surface area contributed by atoms with E-state index >= 15 is 0 Å². The lowest BCUT2D eigenvalue weighted by molar-refractivity contribution is -0.129. The number of hydrogen-bond acceptors (Lipinski definition) is 5. The molecule has 0 radical (unpaired) electrons. The summed E-state index contributed by atoms with van der Waals surface area (Å²) in [7, 11) is 0. The van der Waals surface area contributed by atoms with E-state index in [0.717, 1.165) is 34.0 Å². The molecule has 152 valence electrons. The lowest BCUT2D eigenvalue weighted by Crippen LogP contribution is -2.06. The van der Waals surface area contributed by atoms with E-state index in [2.05, 4.69) is 27.8 Å². The number of aryl methyl sites for hydroxylation is 1. The molecule has 0 fully saturated rings. The van der Waals surface area contributed by atoms with E-state index in [1.54, 1.807) is 6.08 Å². The van der Waals surface area contributed by atoms with E-state index in [1.807, 2.05) is 50.2 Å². The molecule has 0 spiro atoms. The molecule has 6 heteroatoms. The van der Waals surface area contributed by atoms with Crippen molar-refractivity contribution in [2.45, 2.75) is 33.6 Å². The van der Waals surface area contributed by atoms with Crippen LogP contribution >= 0.6 is 15.9 Å². The molecule has 3 rings (SSSR count). The summed E-state index contributed by atoms with van der Waals surface area (Å²) >= 11 is 3.56. The molecule has 0 saturated heterocycles. The topological polar surface area (TPSA) is 57.1 Å². The SMILES string of the molecule is CCCCOc1c(Br)cc(/C=C2\N=C(c3ccccc3C)OC2=O)cc1OCC. The second kappa shape index (κ2) is 9.74.